The highest BCUT2D eigenvalue weighted by Crippen LogP contribution is 2.47. The Balaban J connectivity index is 1.50. The van der Waals surface area contributed by atoms with Crippen molar-refractivity contribution >= 4 is 17.0 Å². The van der Waals surface area contributed by atoms with Crippen LogP contribution in [-0.4, -0.2) is 15.8 Å². The van der Waals surface area contributed by atoms with Gasteiger partial charge < -0.3 is 9.32 Å². The highest BCUT2D eigenvalue weighted by atomic mass is 16.4. The Bertz CT molecular complexity index is 1060. The number of hydrogen-bond acceptors (Lipinski definition) is 3. The number of aromatic amines is 1. The summed E-state index contributed by atoms with van der Waals surface area (Å²) in [6, 6.07) is 11.8. The second-order valence-electron chi connectivity index (χ2n) is 7.04. The molecule has 1 amide bonds. The first-order valence-electron chi connectivity index (χ1n) is 8.67. The van der Waals surface area contributed by atoms with Gasteiger partial charge in [-0.15, -0.1) is 0 Å². The number of nitrogens with zero attached hydrogens (tertiary/aromatic N) is 1. The molecule has 3 aromatic rings. The van der Waals surface area contributed by atoms with Gasteiger partial charge in [0.2, 0.25) is 0 Å². The lowest BCUT2D eigenvalue weighted by Crippen LogP contribution is -2.26. The Kier molecular flexibility index (Phi) is 2.95. The zero-order valence-electron chi connectivity index (χ0n) is 13.9. The summed E-state index contributed by atoms with van der Waals surface area (Å²) >= 11 is 0. The van der Waals surface area contributed by atoms with Crippen LogP contribution in [-0.2, 0) is 6.54 Å². The van der Waals surface area contributed by atoms with Crippen LogP contribution in [0.3, 0.4) is 0 Å². The summed E-state index contributed by atoms with van der Waals surface area (Å²) in [5.74, 6) is 0.246. The molecule has 5 heteroatoms. The third-order valence-electron chi connectivity index (χ3n) is 5.37. The van der Waals surface area contributed by atoms with Gasteiger partial charge in [-0.1, -0.05) is 18.2 Å². The molecule has 0 spiro atoms. The first kappa shape index (κ1) is 14.5. The maximum Gasteiger partial charge on any atom is 0.417 e. The van der Waals surface area contributed by atoms with Crippen molar-refractivity contribution in [2.75, 3.05) is 0 Å². The van der Waals surface area contributed by atoms with Crippen molar-refractivity contribution in [1.82, 2.24) is 9.88 Å². The number of oxazole rings is 1. The highest BCUT2D eigenvalue weighted by Gasteiger charge is 2.38. The summed E-state index contributed by atoms with van der Waals surface area (Å²) in [6.07, 6.45) is 2.45. The topological polar surface area (TPSA) is 66.3 Å². The van der Waals surface area contributed by atoms with Crippen LogP contribution in [0.15, 0.2) is 45.6 Å². The van der Waals surface area contributed by atoms with Crippen LogP contribution >= 0.6 is 0 Å². The lowest BCUT2D eigenvalue weighted by Gasteiger charge is -2.23. The lowest BCUT2D eigenvalue weighted by molar-refractivity contribution is 0.0723. The molecule has 0 radical (unpaired) electrons. The van der Waals surface area contributed by atoms with Crippen molar-refractivity contribution in [2.45, 2.75) is 38.3 Å². The molecule has 1 saturated carbocycles. The molecule has 0 bridgehead atoms. The van der Waals surface area contributed by atoms with Crippen LogP contribution in [0.1, 0.15) is 58.8 Å². The molecule has 2 aromatic carbocycles. The summed E-state index contributed by atoms with van der Waals surface area (Å²) < 4.78 is 5.13. The van der Waals surface area contributed by atoms with E-state index in [1.807, 2.05) is 35.2 Å². The standard InChI is InChI=1S/C20H18N2O3/c1-11-18-14(13-6-7-13)3-2-4-15(18)19(23)22(11)10-12-5-8-16-17(9-12)25-20(24)21-16/h2-5,8-9,11,13H,6-7,10H2,1H3,(H,21,24). The Morgan fingerprint density at radius 1 is 1.20 bits per heavy atom. The maximum absolute atomic E-state index is 12.9. The molecule has 1 fully saturated rings. The number of rotatable bonds is 3. The van der Waals surface area contributed by atoms with Gasteiger partial charge in [0.05, 0.1) is 11.6 Å². The average molecular weight is 334 g/mol. The van der Waals surface area contributed by atoms with Gasteiger partial charge in [-0.3, -0.25) is 9.78 Å². The number of hydrogen-bond donors (Lipinski definition) is 1. The number of amides is 1. The van der Waals surface area contributed by atoms with Gasteiger partial charge in [0, 0.05) is 12.1 Å². The fraction of sp³-hybridized carbons (Fsp3) is 0.300. The van der Waals surface area contributed by atoms with E-state index in [-0.39, 0.29) is 11.9 Å². The Labute approximate surface area is 144 Å². The van der Waals surface area contributed by atoms with E-state index >= 15 is 0 Å². The Morgan fingerprint density at radius 3 is 2.84 bits per heavy atom. The molecule has 5 nitrogen and oxygen atoms in total. The predicted octanol–water partition coefficient (Wildman–Crippen LogP) is 3.72. The van der Waals surface area contributed by atoms with E-state index < -0.39 is 5.76 Å². The average Bonchev–Trinajstić information content (AvgIpc) is 3.34. The molecule has 1 N–H and O–H groups in total. The Morgan fingerprint density at radius 2 is 2.04 bits per heavy atom. The van der Waals surface area contributed by atoms with Crippen LogP contribution in [0, 0.1) is 0 Å². The molecule has 1 atom stereocenters. The zero-order valence-corrected chi connectivity index (χ0v) is 13.9. The van der Waals surface area contributed by atoms with Crippen molar-refractivity contribution in [3.8, 4) is 0 Å². The molecule has 25 heavy (non-hydrogen) atoms. The normalized spacial score (nSPS) is 19.6. The van der Waals surface area contributed by atoms with Crippen molar-refractivity contribution in [3.63, 3.8) is 0 Å². The summed E-state index contributed by atoms with van der Waals surface area (Å²) in [7, 11) is 0. The third-order valence-corrected chi connectivity index (χ3v) is 5.37. The molecule has 1 aromatic heterocycles. The minimum Gasteiger partial charge on any atom is -0.408 e. The van der Waals surface area contributed by atoms with E-state index in [4.69, 9.17) is 4.42 Å². The highest BCUT2D eigenvalue weighted by molar-refractivity contribution is 5.99. The van der Waals surface area contributed by atoms with Crippen molar-refractivity contribution in [2.24, 2.45) is 0 Å². The fourth-order valence-corrected chi connectivity index (χ4v) is 3.97. The second kappa shape index (κ2) is 5.09. The molecular formula is C20H18N2O3. The van der Waals surface area contributed by atoms with Gasteiger partial charge in [0.15, 0.2) is 5.58 Å². The second-order valence-corrected chi connectivity index (χ2v) is 7.04. The first-order chi connectivity index (χ1) is 12.1. The van der Waals surface area contributed by atoms with Crippen LogP contribution in [0.25, 0.3) is 11.1 Å². The number of aromatic nitrogens is 1. The van der Waals surface area contributed by atoms with E-state index in [1.165, 1.54) is 24.0 Å². The number of benzene rings is 2. The smallest absolute Gasteiger partial charge is 0.408 e. The van der Waals surface area contributed by atoms with Gasteiger partial charge in [-0.25, -0.2) is 4.79 Å². The summed E-state index contributed by atoms with van der Waals surface area (Å²) in [6.45, 7) is 2.61. The molecule has 2 heterocycles. The number of fused-ring (bicyclic) bond motifs is 2. The first-order valence-corrected chi connectivity index (χ1v) is 8.67. The van der Waals surface area contributed by atoms with Crippen LogP contribution in [0.4, 0.5) is 0 Å². The van der Waals surface area contributed by atoms with E-state index in [1.54, 1.807) is 0 Å². The molecule has 0 saturated heterocycles. The molecule has 1 aliphatic heterocycles. The number of H-pyrrole nitrogens is 1. The molecule has 5 rings (SSSR count). The van der Waals surface area contributed by atoms with E-state index in [0.29, 0.717) is 23.6 Å². The zero-order chi connectivity index (χ0) is 17.1. The van der Waals surface area contributed by atoms with Crippen LogP contribution in [0.5, 0.6) is 0 Å². The SMILES string of the molecule is CC1c2c(cccc2C2CC2)C(=O)N1Cc1ccc2[nH]c(=O)oc2c1. The molecular weight excluding hydrogens is 316 g/mol. The maximum atomic E-state index is 12.9. The fourth-order valence-electron chi connectivity index (χ4n) is 3.97. The lowest BCUT2D eigenvalue weighted by atomic mass is 9.96. The van der Waals surface area contributed by atoms with E-state index in [0.717, 1.165) is 11.1 Å². The summed E-state index contributed by atoms with van der Waals surface area (Å²) in [4.78, 5) is 28.8. The molecule has 1 unspecified atom stereocenters. The van der Waals surface area contributed by atoms with Gasteiger partial charge in [-0.05, 0) is 60.6 Å². The predicted molar refractivity (Wildman–Crippen MR) is 93.5 cm³/mol. The minimum atomic E-state index is -0.459. The third kappa shape index (κ3) is 2.22. The van der Waals surface area contributed by atoms with Gasteiger partial charge in [0.1, 0.15) is 0 Å². The quantitative estimate of drug-likeness (QED) is 0.794. The molecule has 2 aliphatic rings. The van der Waals surface area contributed by atoms with Gasteiger partial charge >= 0.3 is 5.76 Å². The number of carbonyl (C=O) groups excluding carboxylic acids is 1. The van der Waals surface area contributed by atoms with E-state index in [2.05, 4.69) is 18.0 Å². The van der Waals surface area contributed by atoms with Crippen LogP contribution in [0.2, 0.25) is 0 Å². The van der Waals surface area contributed by atoms with Gasteiger partial charge in [-0.2, -0.15) is 0 Å². The Hall–Kier alpha value is -2.82. The monoisotopic (exact) mass is 334 g/mol. The van der Waals surface area contributed by atoms with Gasteiger partial charge in [0.25, 0.3) is 5.91 Å². The van der Waals surface area contributed by atoms with E-state index in [9.17, 15) is 9.59 Å². The minimum absolute atomic E-state index is 0.0632. The van der Waals surface area contributed by atoms with Crippen molar-refractivity contribution in [3.05, 3.63) is 69.2 Å². The summed E-state index contributed by atoms with van der Waals surface area (Å²) in [5.41, 5.74) is 5.53. The number of carbonyl (C=O) groups is 1. The molecule has 126 valence electrons. The number of nitrogens with one attached hydrogen (secondary N) is 1. The summed E-state index contributed by atoms with van der Waals surface area (Å²) in [5, 5.41) is 0. The van der Waals surface area contributed by atoms with Crippen molar-refractivity contribution in [1.29, 1.82) is 0 Å². The van der Waals surface area contributed by atoms with Crippen molar-refractivity contribution < 1.29 is 9.21 Å². The van der Waals surface area contributed by atoms with Crippen LogP contribution < -0.4 is 5.76 Å². The largest absolute Gasteiger partial charge is 0.417 e. The molecule has 1 aliphatic carbocycles.